The van der Waals surface area contributed by atoms with Gasteiger partial charge in [-0.05, 0) is 53.2 Å². The van der Waals surface area contributed by atoms with Crippen molar-refractivity contribution in [2.45, 2.75) is 38.7 Å². The summed E-state index contributed by atoms with van der Waals surface area (Å²) in [5.41, 5.74) is 0.505. The maximum Gasteiger partial charge on any atom is 0.341 e. The molecule has 4 heteroatoms. The number of pyridine rings is 1. The summed E-state index contributed by atoms with van der Waals surface area (Å²) in [5, 5.41) is 0. The van der Waals surface area contributed by atoms with Crippen molar-refractivity contribution in [2.24, 2.45) is 5.92 Å². The Balaban J connectivity index is 2.04. The fraction of sp³-hybridized carbons (Fsp3) is 0.538. The zero-order chi connectivity index (χ0) is 12.3. The minimum Gasteiger partial charge on any atom is -0.458 e. The van der Waals surface area contributed by atoms with Crippen LogP contribution in [0.15, 0.2) is 22.9 Å². The molecule has 1 fully saturated rings. The van der Waals surface area contributed by atoms with Crippen LogP contribution in [0.5, 0.6) is 0 Å². The highest BCUT2D eigenvalue weighted by atomic mass is 79.9. The molecule has 0 N–H and O–H groups in total. The number of aromatic nitrogens is 1. The van der Waals surface area contributed by atoms with Crippen LogP contribution in [0, 0.1) is 5.92 Å². The second-order valence-corrected chi connectivity index (χ2v) is 5.30. The van der Waals surface area contributed by atoms with E-state index in [1.807, 2.05) is 0 Å². The number of halogens is 1. The summed E-state index contributed by atoms with van der Waals surface area (Å²) in [5.74, 6) is 0.187. The fourth-order valence-corrected chi connectivity index (χ4v) is 2.61. The molecule has 0 radical (unpaired) electrons. The zero-order valence-corrected chi connectivity index (χ0v) is 11.4. The second kappa shape index (κ2) is 5.63. The third kappa shape index (κ3) is 3.06. The van der Waals surface area contributed by atoms with Gasteiger partial charge in [0.15, 0.2) is 0 Å². The number of carbonyl (C=O) groups is 1. The molecule has 0 amide bonds. The van der Waals surface area contributed by atoms with Gasteiger partial charge in [-0.3, -0.25) is 0 Å². The molecule has 1 aliphatic carbocycles. The van der Waals surface area contributed by atoms with Crippen molar-refractivity contribution in [1.82, 2.24) is 4.98 Å². The third-order valence-corrected chi connectivity index (χ3v) is 3.90. The van der Waals surface area contributed by atoms with Crippen LogP contribution < -0.4 is 0 Å². The summed E-state index contributed by atoms with van der Waals surface area (Å²) < 4.78 is 6.11. The van der Waals surface area contributed by atoms with Crippen molar-refractivity contribution in [3.8, 4) is 0 Å². The highest BCUT2D eigenvalue weighted by molar-refractivity contribution is 9.10. The number of ether oxygens (including phenoxy) is 1. The lowest BCUT2D eigenvalue weighted by molar-refractivity contribution is 0.00467. The van der Waals surface area contributed by atoms with Crippen LogP contribution in [-0.2, 0) is 4.74 Å². The molecule has 3 nitrogen and oxygen atoms in total. The van der Waals surface area contributed by atoms with E-state index in [-0.39, 0.29) is 12.1 Å². The standard InChI is InChI=1S/C13H16BrNO2/c1-9-5-2-3-7-11(9)17-13(16)10-6-4-8-15-12(10)14/h4,6,8-9,11H,2-3,5,7H2,1H3. The summed E-state index contributed by atoms with van der Waals surface area (Å²) >= 11 is 3.26. The number of esters is 1. The fourth-order valence-electron chi connectivity index (χ4n) is 2.20. The molecule has 1 aromatic rings. The van der Waals surface area contributed by atoms with E-state index < -0.39 is 0 Å². The Bertz CT molecular complexity index is 408. The Hall–Kier alpha value is -0.900. The van der Waals surface area contributed by atoms with Gasteiger partial charge in [-0.2, -0.15) is 0 Å². The van der Waals surface area contributed by atoms with E-state index in [1.54, 1.807) is 18.3 Å². The Labute approximate surface area is 110 Å². The lowest BCUT2D eigenvalue weighted by Crippen LogP contribution is -2.28. The minimum absolute atomic E-state index is 0.0587. The van der Waals surface area contributed by atoms with Gasteiger partial charge < -0.3 is 4.74 Å². The topological polar surface area (TPSA) is 39.2 Å². The molecule has 2 rings (SSSR count). The van der Waals surface area contributed by atoms with Gasteiger partial charge in [0.2, 0.25) is 0 Å². The van der Waals surface area contributed by atoms with Crippen molar-refractivity contribution in [3.63, 3.8) is 0 Å². The van der Waals surface area contributed by atoms with Crippen molar-refractivity contribution in [2.75, 3.05) is 0 Å². The van der Waals surface area contributed by atoms with E-state index in [0.29, 0.717) is 16.1 Å². The van der Waals surface area contributed by atoms with Crippen molar-refractivity contribution >= 4 is 21.9 Å². The number of rotatable bonds is 2. The first kappa shape index (κ1) is 12.6. The molecule has 0 saturated heterocycles. The zero-order valence-electron chi connectivity index (χ0n) is 9.86. The molecule has 1 aliphatic rings. The van der Waals surface area contributed by atoms with Crippen LogP contribution in [0.1, 0.15) is 43.0 Å². The molecule has 1 saturated carbocycles. The van der Waals surface area contributed by atoms with E-state index in [2.05, 4.69) is 27.8 Å². The largest absolute Gasteiger partial charge is 0.458 e. The van der Waals surface area contributed by atoms with Crippen LogP contribution in [0.4, 0.5) is 0 Å². The van der Waals surface area contributed by atoms with Crippen LogP contribution in [0.2, 0.25) is 0 Å². The molecule has 17 heavy (non-hydrogen) atoms. The summed E-state index contributed by atoms with van der Waals surface area (Å²) in [7, 11) is 0. The average molecular weight is 298 g/mol. The van der Waals surface area contributed by atoms with Gasteiger partial charge in [-0.25, -0.2) is 9.78 Å². The van der Waals surface area contributed by atoms with Gasteiger partial charge in [0.1, 0.15) is 10.7 Å². The molecule has 1 aromatic heterocycles. The summed E-state index contributed by atoms with van der Waals surface area (Å²) in [6, 6.07) is 3.47. The molecule has 0 spiro atoms. The molecular weight excluding hydrogens is 282 g/mol. The second-order valence-electron chi connectivity index (χ2n) is 4.55. The summed E-state index contributed by atoms with van der Waals surface area (Å²) in [6.45, 7) is 2.15. The third-order valence-electron chi connectivity index (χ3n) is 3.27. The smallest absolute Gasteiger partial charge is 0.341 e. The Morgan fingerprint density at radius 2 is 2.24 bits per heavy atom. The molecule has 2 unspecified atom stereocenters. The first-order valence-corrected chi connectivity index (χ1v) is 6.79. The lowest BCUT2D eigenvalue weighted by atomic mass is 9.88. The molecule has 0 aliphatic heterocycles. The molecule has 92 valence electrons. The first-order chi connectivity index (χ1) is 8.18. The number of nitrogens with zero attached hydrogens (tertiary/aromatic N) is 1. The number of hydrogen-bond donors (Lipinski definition) is 0. The van der Waals surface area contributed by atoms with Crippen LogP contribution in [0.3, 0.4) is 0 Å². The van der Waals surface area contributed by atoms with Crippen LogP contribution >= 0.6 is 15.9 Å². The predicted octanol–water partition coefficient (Wildman–Crippen LogP) is 3.58. The van der Waals surface area contributed by atoms with E-state index in [4.69, 9.17) is 4.74 Å². The molecule has 0 bridgehead atoms. The monoisotopic (exact) mass is 297 g/mol. The predicted molar refractivity (Wildman–Crippen MR) is 68.8 cm³/mol. The summed E-state index contributed by atoms with van der Waals surface area (Å²) in [4.78, 5) is 16.0. The SMILES string of the molecule is CC1CCCCC1OC(=O)c1cccnc1Br. The van der Waals surface area contributed by atoms with Gasteiger partial charge >= 0.3 is 5.97 Å². The molecule has 2 atom stereocenters. The van der Waals surface area contributed by atoms with Crippen molar-refractivity contribution in [1.29, 1.82) is 0 Å². The average Bonchev–Trinajstić information content (AvgIpc) is 2.32. The minimum atomic E-state index is -0.274. The van der Waals surface area contributed by atoms with Gasteiger partial charge in [-0.15, -0.1) is 0 Å². The Kier molecular flexibility index (Phi) is 4.15. The Morgan fingerprint density at radius 3 is 2.94 bits per heavy atom. The highest BCUT2D eigenvalue weighted by Gasteiger charge is 2.25. The maximum absolute atomic E-state index is 12.0. The van der Waals surface area contributed by atoms with Gasteiger partial charge in [0.05, 0.1) is 5.56 Å². The van der Waals surface area contributed by atoms with Crippen molar-refractivity contribution < 1.29 is 9.53 Å². The van der Waals surface area contributed by atoms with Gasteiger partial charge in [0.25, 0.3) is 0 Å². The number of carbonyl (C=O) groups excluding carboxylic acids is 1. The number of hydrogen-bond acceptors (Lipinski definition) is 3. The van der Waals surface area contributed by atoms with Crippen molar-refractivity contribution in [3.05, 3.63) is 28.5 Å². The summed E-state index contributed by atoms with van der Waals surface area (Å²) in [6.07, 6.45) is 6.21. The maximum atomic E-state index is 12.0. The van der Waals surface area contributed by atoms with E-state index in [1.165, 1.54) is 6.42 Å². The normalized spacial score (nSPS) is 24.4. The quantitative estimate of drug-likeness (QED) is 0.619. The van der Waals surface area contributed by atoms with E-state index >= 15 is 0 Å². The van der Waals surface area contributed by atoms with Gasteiger partial charge in [0, 0.05) is 6.20 Å². The highest BCUT2D eigenvalue weighted by Crippen LogP contribution is 2.27. The van der Waals surface area contributed by atoms with Crippen LogP contribution in [-0.4, -0.2) is 17.1 Å². The molecule has 0 aromatic carbocycles. The van der Waals surface area contributed by atoms with Gasteiger partial charge in [-0.1, -0.05) is 13.3 Å². The van der Waals surface area contributed by atoms with Crippen LogP contribution in [0.25, 0.3) is 0 Å². The first-order valence-electron chi connectivity index (χ1n) is 6.00. The van der Waals surface area contributed by atoms with E-state index in [0.717, 1.165) is 19.3 Å². The molecule has 1 heterocycles. The van der Waals surface area contributed by atoms with E-state index in [9.17, 15) is 4.79 Å². The molecular formula is C13H16BrNO2. The Morgan fingerprint density at radius 1 is 1.47 bits per heavy atom. The lowest BCUT2D eigenvalue weighted by Gasteiger charge is -2.28.